The van der Waals surface area contributed by atoms with Crippen LogP contribution in [0.25, 0.3) is 11.0 Å². The molecule has 0 amide bonds. The van der Waals surface area contributed by atoms with Crippen molar-refractivity contribution in [2.45, 2.75) is 17.3 Å². The number of imidazole rings is 1. The number of hydrogen-bond donors (Lipinski definition) is 2. The molecular weight excluding hydrogens is 310 g/mol. The molecule has 0 aliphatic carbocycles. The number of H-pyrrole nitrogens is 1. The summed E-state index contributed by atoms with van der Waals surface area (Å²) in [5, 5.41) is 1.07. The fourth-order valence-electron chi connectivity index (χ4n) is 2.01. The molecule has 0 bridgehead atoms. The zero-order valence-corrected chi connectivity index (χ0v) is 13.3. The predicted octanol–water partition coefficient (Wildman–Crippen LogP) is 4.38. The SMILES string of the molecule is Cc1ccc2nc(SC(CN)c3ccc(Cl)s3)[nH]c2c1. The minimum Gasteiger partial charge on any atom is -0.333 e. The van der Waals surface area contributed by atoms with Gasteiger partial charge in [-0.15, -0.1) is 11.3 Å². The maximum Gasteiger partial charge on any atom is 0.167 e. The summed E-state index contributed by atoms with van der Waals surface area (Å²) in [6.45, 7) is 2.63. The van der Waals surface area contributed by atoms with Crippen LogP contribution < -0.4 is 5.73 Å². The van der Waals surface area contributed by atoms with Gasteiger partial charge in [-0.1, -0.05) is 29.4 Å². The van der Waals surface area contributed by atoms with Crippen LogP contribution in [0.3, 0.4) is 0 Å². The van der Waals surface area contributed by atoms with E-state index in [9.17, 15) is 0 Å². The lowest BCUT2D eigenvalue weighted by atomic mass is 10.2. The average molecular weight is 324 g/mol. The zero-order valence-electron chi connectivity index (χ0n) is 10.9. The minimum absolute atomic E-state index is 0.175. The number of hydrogen-bond acceptors (Lipinski definition) is 4. The number of thioether (sulfide) groups is 1. The normalized spacial score (nSPS) is 12.9. The smallest absolute Gasteiger partial charge is 0.167 e. The fraction of sp³-hybridized carbons (Fsp3) is 0.214. The first-order valence-corrected chi connectivity index (χ1v) is 8.31. The van der Waals surface area contributed by atoms with Crippen molar-refractivity contribution < 1.29 is 0 Å². The number of nitrogens with zero attached hydrogens (tertiary/aromatic N) is 1. The Morgan fingerprint density at radius 3 is 2.95 bits per heavy atom. The highest BCUT2D eigenvalue weighted by atomic mass is 35.5. The molecule has 0 spiro atoms. The summed E-state index contributed by atoms with van der Waals surface area (Å²) in [4.78, 5) is 9.12. The number of aromatic amines is 1. The highest BCUT2D eigenvalue weighted by Crippen LogP contribution is 2.38. The van der Waals surface area contributed by atoms with E-state index >= 15 is 0 Å². The van der Waals surface area contributed by atoms with E-state index in [1.807, 2.05) is 18.2 Å². The van der Waals surface area contributed by atoms with E-state index in [1.54, 1.807) is 23.1 Å². The lowest BCUT2D eigenvalue weighted by Gasteiger charge is -2.09. The van der Waals surface area contributed by atoms with Gasteiger partial charge in [-0.05, 0) is 36.8 Å². The highest BCUT2D eigenvalue weighted by Gasteiger charge is 2.16. The second-order valence-electron chi connectivity index (χ2n) is 4.55. The summed E-state index contributed by atoms with van der Waals surface area (Å²) in [5.74, 6) is 0. The molecule has 0 fully saturated rings. The molecule has 3 rings (SSSR count). The average Bonchev–Trinajstić information content (AvgIpc) is 3.01. The lowest BCUT2D eigenvalue weighted by Crippen LogP contribution is -2.08. The molecule has 1 aromatic carbocycles. The number of fused-ring (bicyclic) bond motifs is 1. The summed E-state index contributed by atoms with van der Waals surface area (Å²) >= 11 is 9.21. The third-order valence-electron chi connectivity index (χ3n) is 2.99. The summed E-state index contributed by atoms with van der Waals surface area (Å²) in [7, 11) is 0. The standard InChI is InChI=1S/C14H14ClN3S2/c1-8-2-3-9-10(6-8)18-14(17-9)20-12(7-16)11-4-5-13(15)19-11/h2-6,12H,7,16H2,1H3,(H,17,18). The van der Waals surface area contributed by atoms with Crippen LogP contribution in [0, 0.1) is 6.92 Å². The number of nitrogens with one attached hydrogen (secondary N) is 1. The van der Waals surface area contributed by atoms with E-state index in [-0.39, 0.29) is 5.25 Å². The van der Waals surface area contributed by atoms with E-state index in [0.29, 0.717) is 6.54 Å². The van der Waals surface area contributed by atoms with Crippen molar-refractivity contribution in [3.8, 4) is 0 Å². The number of aryl methyl sites for hydroxylation is 1. The fourth-order valence-corrected chi connectivity index (χ4v) is 4.24. The zero-order chi connectivity index (χ0) is 14.1. The van der Waals surface area contributed by atoms with Crippen LogP contribution in [0.4, 0.5) is 0 Å². The van der Waals surface area contributed by atoms with Gasteiger partial charge in [0.1, 0.15) is 0 Å². The number of thiophene rings is 1. The van der Waals surface area contributed by atoms with Crippen molar-refractivity contribution in [1.29, 1.82) is 0 Å². The maximum atomic E-state index is 5.99. The molecule has 0 radical (unpaired) electrons. The van der Waals surface area contributed by atoms with Crippen molar-refractivity contribution >= 4 is 45.7 Å². The molecule has 2 aromatic heterocycles. The van der Waals surface area contributed by atoms with E-state index < -0.39 is 0 Å². The van der Waals surface area contributed by atoms with Gasteiger partial charge in [0.05, 0.1) is 20.6 Å². The van der Waals surface area contributed by atoms with Crippen molar-refractivity contribution in [2.24, 2.45) is 5.73 Å². The molecule has 0 saturated heterocycles. The molecule has 0 aliphatic heterocycles. The first-order valence-electron chi connectivity index (χ1n) is 6.24. The van der Waals surface area contributed by atoms with Gasteiger partial charge in [0.15, 0.2) is 5.16 Å². The van der Waals surface area contributed by atoms with E-state index in [4.69, 9.17) is 17.3 Å². The summed E-state index contributed by atoms with van der Waals surface area (Å²) in [6.07, 6.45) is 0. The molecule has 0 saturated carbocycles. The van der Waals surface area contributed by atoms with Gasteiger partial charge in [0, 0.05) is 11.4 Å². The summed E-state index contributed by atoms with van der Waals surface area (Å²) in [6, 6.07) is 10.1. The van der Waals surface area contributed by atoms with Gasteiger partial charge < -0.3 is 10.7 Å². The molecule has 20 heavy (non-hydrogen) atoms. The number of nitrogens with two attached hydrogens (primary N) is 1. The van der Waals surface area contributed by atoms with Crippen LogP contribution in [0.15, 0.2) is 35.5 Å². The minimum atomic E-state index is 0.175. The van der Waals surface area contributed by atoms with Gasteiger partial charge in [-0.3, -0.25) is 0 Å². The van der Waals surface area contributed by atoms with Crippen molar-refractivity contribution in [1.82, 2.24) is 9.97 Å². The van der Waals surface area contributed by atoms with Gasteiger partial charge in [0.25, 0.3) is 0 Å². The number of benzene rings is 1. The number of rotatable bonds is 4. The quantitative estimate of drug-likeness (QED) is 0.701. The molecule has 6 heteroatoms. The van der Waals surface area contributed by atoms with Gasteiger partial charge in [-0.25, -0.2) is 4.98 Å². The molecule has 104 valence electrons. The third-order valence-corrected chi connectivity index (χ3v) is 5.64. The Bertz CT molecular complexity index is 735. The first kappa shape index (κ1) is 13.9. The van der Waals surface area contributed by atoms with Crippen LogP contribution in [0.2, 0.25) is 4.34 Å². The second kappa shape index (κ2) is 5.77. The van der Waals surface area contributed by atoms with Crippen LogP contribution in [0.5, 0.6) is 0 Å². The monoisotopic (exact) mass is 323 g/mol. The van der Waals surface area contributed by atoms with Gasteiger partial charge in [-0.2, -0.15) is 0 Å². The van der Waals surface area contributed by atoms with Crippen LogP contribution in [-0.2, 0) is 0 Å². The highest BCUT2D eigenvalue weighted by molar-refractivity contribution is 7.99. The maximum absolute atomic E-state index is 5.99. The summed E-state index contributed by atoms with van der Waals surface area (Å²) in [5.41, 5.74) is 9.15. The Morgan fingerprint density at radius 2 is 2.25 bits per heavy atom. The largest absolute Gasteiger partial charge is 0.333 e. The Morgan fingerprint density at radius 1 is 1.40 bits per heavy atom. The van der Waals surface area contributed by atoms with Crippen molar-refractivity contribution in [3.05, 3.63) is 45.1 Å². The Kier molecular flexibility index (Phi) is 4.03. The number of aromatic nitrogens is 2. The van der Waals surface area contributed by atoms with Crippen molar-refractivity contribution in [3.63, 3.8) is 0 Å². The molecule has 2 heterocycles. The topological polar surface area (TPSA) is 54.7 Å². The predicted molar refractivity (Wildman–Crippen MR) is 87.8 cm³/mol. The second-order valence-corrected chi connectivity index (χ2v) is 7.48. The Hall–Kier alpha value is -1.01. The molecule has 3 aromatic rings. The molecule has 1 unspecified atom stereocenters. The molecule has 3 N–H and O–H groups in total. The molecule has 0 aliphatic rings. The van der Waals surface area contributed by atoms with E-state index in [1.165, 1.54) is 10.4 Å². The van der Waals surface area contributed by atoms with Crippen LogP contribution in [0.1, 0.15) is 15.7 Å². The first-order chi connectivity index (χ1) is 9.65. The van der Waals surface area contributed by atoms with E-state index in [2.05, 4.69) is 29.0 Å². The molecular formula is C14H14ClN3S2. The lowest BCUT2D eigenvalue weighted by molar-refractivity contribution is 0.946. The Labute approximate surface area is 130 Å². The molecule has 3 nitrogen and oxygen atoms in total. The molecule has 1 atom stereocenters. The van der Waals surface area contributed by atoms with E-state index in [0.717, 1.165) is 20.5 Å². The third kappa shape index (κ3) is 2.86. The van der Waals surface area contributed by atoms with Gasteiger partial charge in [0.2, 0.25) is 0 Å². The van der Waals surface area contributed by atoms with Gasteiger partial charge >= 0.3 is 0 Å². The van der Waals surface area contributed by atoms with Crippen molar-refractivity contribution in [2.75, 3.05) is 6.54 Å². The van der Waals surface area contributed by atoms with Crippen LogP contribution >= 0.6 is 34.7 Å². The Balaban J connectivity index is 1.87. The number of halogens is 1. The van der Waals surface area contributed by atoms with Crippen LogP contribution in [-0.4, -0.2) is 16.5 Å². The summed E-state index contributed by atoms with van der Waals surface area (Å²) < 4.78 is 0.791.